The zero-order chi connectivity index (χ0) is 15.5. The summed E-state index contributed by atoms with van der Waals surface area (Å²) in [4.78, 5) is 16.3. The predicted octanol–water partition coefficient (Wildman–Crippen LogP) is 0.186. The lowest BCUT2D eigenvalue weighted by Crippen LogP contribution is -2.47. The highest BCUT2D eigenvalue weighted by molar-refractivity contribution is 7.89. The van der Waals surface area contributed by atoms with Crippen molar-refractivity contribution in [3.05, 3.63) is 12.2 Å². The second-order valence-electron chi connectivity index (χ2n) is 5.19. The third-order valence-corrected chi connectivity index (χ3v) is 5.60. The van der Waals surface area contributed by atoms with Crippen LogP contribution in [0.1, 0.15) is 45.0 Å². The van der Waals surface area contributed by atoms with Crippen LogP contribution >= 0.6 is 0 Å². The first kappa shape index (κ1) is 15.9. The molecule has 0 aromatic carbocycles. The number of carbonyl (C=O) groups excluding carboxylic acids is 1. The lowest BCUT2D eigenvalue weighted by atomic mass is 10.2. The Morgan fingerprint density at radius 1 is 1.62 bits per heavy atom. The number of nitrogens with zero attached hydrogens (tertiary/aromatic N) is 3. The molecule has 0 aliphatic carbocycles. The van der Waals surface area contributed by atoms with Gasteiger partial charge in [0.25, 0.3) is 0 Å². The van der Waals surface area contributed by atoms with Gasteiger partial charge in [0.2, 0.25) is 15.9 Å². The number of carbonyl (C=O) groups is 1. The molecule has 8 nitrogen and oxygen atoms in total. The van der Waals surface area contributed by atoms with E-state index in [4.69, 9.17) is 0 Å². The first-order valence-corrected chi connectivity index (χ1v) is 8.71. The standard InChI is InChI=1S/C12H21N5O3S/c1-3-7-21(19,20)17-6-4-5-10(17)12(18)15-9(2)11-13-8-14-16-11/h8-10H,3-7H2,1-2H3,(H,15,18)(H,13,14,16). The van der Waals surface area contributed by atoms with Gasteiger partial charge in [-0.1, -0.05) is 6.92 Å². The lowest BCUT2D eigenvalue weighted by Gasteiger charge is -2.24. The number of nitrogens with one attached hydrogen (secondary N) is 2. The van der Waals surface area contributed by atoms with Gasteiger partial charge in [0.15, 0.2) is 0 Å². The summed E-state index contributed by atoms with van der Waals surface area (Å²) in [5, 5.41) is 9.21. The van der Waals surface area contributed by atoms with Crippen molar-refractivity contribution < 1.29 is 13.2 Å². The Bertz CT molecular complexity index is 572. The second kappa shape index (κ2) is 6.52. The van der Waals surface area contributed by atoms with Crippen molar-refractivity contribution in [3.63, 3.8) is 0 Å². The van der Waals surface area contributed by atoms with E-state index in [-0.39, 0.29) is 17.7 Å². The molecule has 1 aromatic heterocycles. The SMILES string of the molecule is CCCS(=O)(=O)N1CCCC1C(=O)NC(C)c1ncn[nH]1. The van der Waals surface area contributed by atoms with Gasteiger partial charge in [0.05, 0.1) is 11.8 Å². The maximum Gasteiger partial charge on any atom is 0.239 e. The molecule has 0 radical (unpaired) electrons. The van der Waals surface area contributed by atoms with Crippen LogP contribution in [0.3, 0.4) is 0 Å². The normalized spacial score (nSPS) is 21.3. The van der Waals surface area contributed by atoms with E-state index in [1.54, 1.807) is 6.92 Å². The minimum Gasteiger partial charge on any atom is -0.345 e. The summed E-state index contributed by atoms with van der Waals surface area (Å²) >= 11 is 0. The van der Waals surface area contributed by atoms with Gasteiger partial charge in [-0.25, -0.2) is 13.4 Å². The third kappa shape index (κ3) is 3.59. The van der Waals surface area contributed by atoms with Crippen LogP contribution in [0.2, 0.25) is 0 Å². The summed E-state index contributed by atoms with van der Waals surface area (Å²) in [7, 11) is -3.36. The van der Waals surface area contributed by atoms with E-state index >= 15 is 0 Å². The minimum absolute atomic E-state index is 0.0778. The van der Waals surface area contributed by atoms with Crippen molar-refractivity contribution in [1.29, 1.82) is 0 Å². The first-order valence-electron chi connectivity index (χ1n) is 7.11. The van der Waals surface area contributed by atoms with Gasteiger partial charge >= 0.3 is 0 Å². The fraction of sp³-hybridized carbons (Fsp3) is 0.750. The van der Waals surface area contributed by atoms with E-state index in [9.17, 15) is 13.2 Å². The molecule has 2 N–H and O–H groups in total. The van der Waals surface area contributed by atoms with Crippen molar-refractivity contribution in [2.45, 2.75) is 45.2 Å². The molecule has 21 heavy (non-hydrogen) atoms. The highest BCUT2D eigenvalue weighted by Crippen LogP contribution is 2.22. The van der Waals surface area contributed by atoms with Crippen LogP contribution in [-0.2, 0) is 14.8 Å². The Hall–Kier alpha value is -1.48. The largest absolute Gasteiger partial charge is 0.345 e. The Kier molecular flexibility index (Phi) is 4.94. The van der Waals surface area contributed by atoms with Crippen LogP contribution in [-0.4, -0.2) is 52.2 Å². The monoisotopic (exact) mass is 315 g/mol. The Morgan fingerprint density at radius 3 is 3.00 bits per heavy atom. The molecule has 2 rings (SSSR count). The van der Waals surface area contributed by atoms with Gasteiger partial charge in [0, 0.05) is 6.54 Å². The van der Waals surface area contributed by atoms with Crippen LogP contribution in [0.5, 0.6) is 0 Å². The van der Waals surface area contributed by atoms with Gasteiger partial charge in [-0.2, -0.15) is 9.40 Å². The summed E-state index contributed by atoms with van der Waals surface area (Å²) < 4.78 is 25.7. The van der Waals surface area contributed by atoms with Gasteiger partial charge < -0.3 is 5.32 Å². The molecule has 1 amide bonds. The van der Waals surface area contributed by atoms with Gasteiger partial charge in [0.1, 0.15) is 18.2 Å². The van der Waals surface area contributed by atoms with Crippen molar-refractivity contribution in [1.82, 2.24) is 24.8 Å². The molecule has 2 atom stereocenters. The highest BCUT2D eigenvalue weighted by Gasteiger charge is 2.38. The van der Waals surface area contributed by atoms with E-state index < -0.39 is 16.1 Å². The molecule has 0 saturated carbocycles. The predicted molar refractivity (Wildman–Crippen MR) is 76.7 cm³/mol. The molecular formula is C12H21N5O3S. The average molecular weight is 315 g/mol. The molecule has 9 heteroatoms. The van der Waals surface area contributed by atoms with Gasteiger partial charge in [-0.05, 0) is 26.2 Å². The third-order valence-electron chi connectivity index (χ3n) is 3.53. The Labute approximate surface area is 124 Å². The first-order chi connectivity index (χ1) is 9.95. The molecule has 2 unspecified atom stereocenters. The Morgan fingerprint density at radius 2 is 2.38 bits per heavy atom. The summed E-state index contributed by atoms with van der Waals surface area (Å²) in [5.74, 6) is 0.342. The lowest BCUT2D eigenvalue weighted by molar-refractivity contribution is -0.124. The molecule has 1 aliphatic heterocycles. The van der Waals surface area contributed by atoms with Gasteiger partial charge in [-0.15, -0.1) is 0 Å². The fourth-order valence-electron chi connectivity index (χ4n) is 2.51. The molecule has 0 bridgehead atoms. The van der Waals surface area contributed by atoms with Crippen LogP contribution < -0.4 is 5.32 Å². The maximum absolute atomic E-state index is 12.3. The number of amides is 1. The number of rotatable bonds is 6. The summed E-state index contributed by atoms with van der Waals surface area (Å²) in [6.07, 6.45) is 3.17. The summed E-state index contributed by atoms with van der Waals surface area (Å²) in [6.45, 7) is 4.00. The smallest absolute Gasteiger partial charge is 0.239 e. The number of aromatic nitrogens is 3. The van der Waals surface area contributed by atoms with E-state index in [0.29, 0.717) is 31.6 Å². The second-order valence-corrected chi connectivity index (χ2v) is 7.23. The number of H-pyrrole nitrogens is 1. The van der Waals surface area contributed by atoms with Crippen molar-refractivity contribution in [2.24, 2.45) is 0 Å². The van der Waals surface area contributed by atoms with Crippen molar-refractivity contribution in [2.75, 3.05) is 12.3 Å². The topological polar surface area (TPSA) is 108 Å². The van der Waals surface area contributed by atoms with Gasteiger partial charge in [-0.3, -0.25) is 9.89 Å². The fourth-order valence-corrected chi connectivity index (χ4v) is 4.26. The van der Waals surface area contributed by atoms with E-state index in [1.165, 1.54) is 10.6 Å². The zero-order valence-electron chi connectivity index (χ0n) is 12.2. The molecule has 1 aliphatic rings. The molecule has 0 spiro atoms. The van der Waals surface area contributed by atoms with Crippen LogP contribution in [0, 0.1) is 0 Å². The molecule has 1 saturated heterocycles. The molecular weight excluding hydrogens is 294 g/mol. The number of sulfonamides is 1. The molecule has 118 valence electrons. The average Bonchev–Trinajstić information content (AvgIpc) is 3.10. The molecule has 2 heterocycles. The quantitative estimate of drug-likeness (QED) is 0.779. The number of hydrogen-bond acceptors (Lipinski definition) is 5. The van der Waals surface area contributed by atoms with Crippen LogP contribution in [0.4, 0.5) is 0 Å². The van der Waals surface area contributed by atoms with E-state index in [1.807, 2.05) is 6.92 Å². The van der Waals surface area contributed by atoms with Crippen LogP contribution in [0.15, 0.2) is 6.33 Å². The van der Waals surface area contributed by atoms with E-state index in [0.717, 1.165) is 0 Å². The minimum atomic E-state index is -3.36. The molecule has 1 fully saturated rings. The molecule has 1 aromatic rings. The number of aromatic amines is 1. The highest BCUT2D eigenvalue weighted by atomic mass is 32.2. The number of hydrogen-bond donors (Lipinski definition) is 2. The van der Waals surface area contributed by atoms with E-state index in [2.05, 4.69) is 20.5 Å². The van der Waals surface area contributed by atoms with Crippen LogP contribution in [0.25, 0.3) is 0 Å². The zero-order valence-corrected chi connectivity index (χ0v) is 13.1. The van der Waals surface area contributed by atoms with Crippen molar-refractivity contribution in [3.8, 4) is 0 Å². The maximum atomic E-state index is 12.3. The van der Waals surface area contributed by atoms with Crippen molar-refractivity contribution >= 4 is 15.9 Å². The Balaban J connectivity index is 2.04. The summed E-state index contributed by atoms with van der Waals surface area (Å²) in [6, 6.07) is -0.955. The summed E-state index contributed by atoms with van der Waals surface area (Å²) in [5.41, 5.74) is 0.